The lowest BCUT2D eigenvalue weighted by molar-refractivity contribution is 0.321. The van der Waals surface area contributed by atoms with Crippen LogP contribution < -0.4 is 5.73 Å². The number of benzene rings is 1. The van der Waals surface area contributed by atoms with Crippen molar-refractivity contribution in [2.24, 2.45) is 0 Å². The second-order valence-electron chi connectivity index (χ2n) is 4.04. The fourth-order valence-corrected chi connectivity index (χ4v) is 3.02. The molecule has 0 spiro atoms. The molecule has 6 heteroatoms. The first kappa shape index (κ1) is 14.9. The van der Waals surface area contributed by atoms with E-state index >= 15 is 0 Å². The van der Waals surface area contributed by atoms with Crippen molar-refractivity contribution in [3.63, 3.8) is 0 Å². The highest BCUT2D eigenvalue weighted by molar-refractivity contribution is 7.91. The number of nitrogen functional groups attached to an aromatic ring is 1. The van der Waals surface area contributed by atoms with Crippen LogP contribution in [0.25, 0.3) is 0 Å². The van der Waals surface area contributed by atoms with Crippen molar-refractivity contribution in [3.8, 4) is 0 Å². The molecule has 0 bridgehead atoms. The standard InChI is InChI=1S/C12H19FN2O2S/c1-3-15(4-2)7-8-18(16,17)12-6-5-10(14)9-11(12)13/h5-6,9H,3-4,7-8,14H2,1-2H3. The van der Waals surface area contributed by atoms with Crippen LogP contribution in [0.15, 0.2) is 23.1 Å². The summed E-state index contributed by atoms with van der Waals surface area (Å²) in [6, 6.07) is 3.65. The van der Waals surface area contributed by atoms with Crippen LogP contribution in [0.4, 0.5) is 10.1 Å². The van der Waals surface area contributed by atoms with Crippen molar-refractivity contribution in [1.29, 1.82) is 0 Å². The number of nitrogens with two attached hydrogens (primary N) is 1. The van der Waals surface area contributed by atoms with Crippen molar-refractivity contribution >= 4 is 15.5 Å². The lowest BCUT2D eigenvalue weighted by Gasteiger charge is -2.17. The van der Waals surface area contributed by atoms with Gasteiger partial charge >= 0.3 is 0 Å². The maximum absolute atomic E-state index is 13.6. The molecular weight excluding hydrogens is 255 g/mol. The number of rotatable bonds is 6. The number of anilines is 1. The van der Waals surface area contributed by atoms with Gasteiger partial charge in [-0.1, -0.05) is 13.8 Å². The molecular formula is C12H19FN2O2S. The van der Waals surface area contributed by atoms with Crippen LogP contribution in [-0.4, -0.2) is 38.7 Å². The van der Waals surface area contributed by atoms with Gasteiger partial charge in [-0.2, -0.15) is 0 Å². The average Bonchev–Trinajstić information content (AvgIpc) is 2.29. The molecule has 2 N–H and O–H groups in total. The van der Waals surface area contributed by atoms with E-state index in [0.717, 1.165) is 19.2 Å². The molecule has 0 heterocycles. The van der Waals surface area contributed by atoms with Crippen LogP contribution in [-0.2, 0) is 9.84 Å². The van der Waals surface area contributed by atoms with Gasteiger partial charge in [0.25, 0.3) is 0 Å². The zero-order chi connectivity index (χ0) is 13.8. The normalized spacial score (nSPS) is 12.0. The van der Waals surface area contributed by atoms with Crippen molar-refractivity contribution in [2.45, 2.75) is 18.7 Å². The number of hydrogen-bond donors (Lipinski definition) is 1. The molecule has 4 nitrogen and oxygen atoms in total. The van der Waals surface area contributed by atoms with Gasteiger partial charge in [0.05, 0.1) is 5.75 Å². The summed E-state index contributed by atoms with van der Waals surface area (Å²) in [7, 11) is -3.60. The minimum Gasteiger partial charge on any atom is -0.399 e. The summed E-state index contributed by atoms with van der Waals surface area (Å²) >= 11 is 0. The highest BCUT2D eigenvalue weighted by Crippen LogP contribution is 2.18. The van der Waals surface area contributed by atoms with Gasteiger partial charge in [-0.05, 0) is 31.3 Å². The predicted molar refractivity (Wildman–Crippen MR) is 70.7 cm³/mol. The van der Waals surface area contributed by atoms with Gasteiger partial charge in [0, 0.05) is 12.2 Å². The summed E-state index contributed by atoms with van der Waals surface area (Å²) in [6.07, 6.45) is 0. The molecule has 0 unspecified atom stereocenters. The topological polar surface area (TPSA) is 63.4 Å². The Balaban J connectivity index is 2.86. The van der Waals surface area contributed by atoms with E-state index in [4.69, 9.17) is 5.73 Å². The Kier molecular flexibility index (Phi) is 5.10. The largest absolute Gasteiger partial charge is 0.399 e. The Bertz CT molecular complexity index is 499. The summed E-state index contributed by atoms with van der Waals surface area (Å²) in [6.45, 7) is 5.87. The third kappa shape index (κ3) is 3.68. The molecule has 18 heavy (non-hydrogen) atoms. The lowest BCUT2D eigenvalue weighted by Crippen LogP contribution is -2.29. The molecule has 0 radical (unpaired) electrons. The fourth-order valence-electron chi connectivity index (χ4n) is 1.67. The first-order chi connectivity index (χ1) is 8.40. The molecule has 0 aliphatic carbocycles. The number of sulfone groups is 1. The molecule has 102 valence electrons. The minimum absolute atomic E-state index is 0.0878. The van der Waals surface area contributed by atoms with Gasteiger partial charge in [0.2, 0.25) is 0 Å². The van der Waals surface area contributed by atoms with Crippen molar-refractivity contribution in [2.75, 3.05) is 31.1 Å². The number of nitrogens with zero attached hydrogens (tertiary/aromatic N) is 1. The summed E-state index contributed by atoms with van der Waals surface area (Å²) in [4.78, 5) is 1.70. The summed E-state index contributed by atoms with van der Waals surface area (Å²) in [5.74, 6) is -0.871. The van der Waals surface area contributed by atoms with Crippen molar-refractivity contribution in [3.05, 3.63) is 24.0 Å². The molecule has 1 aromatic rings. The van der Waals surface area contributed by atoms with Gasteiger partial charge in [-0.25, -0.2) is 12.8 Å². The van der Waals surface area contributed by atoms with Gasteiger partial charge in [-0.15, -0.1) is 0 Å². The molecule has 0 aliphatic rings. The van der Waals surface area contributed by atoms with E-state index in [-0.39, 0.29) is 16.3 Å². The first-order valence-electron chi connectivity index (χ1n) is 5.90. The Labute approximate surface area is 108 Å². The fraction of sp³-hybridized carbons (Fsp3) is 0.500. The van der Waals surface area contributed by atoms with Crippen LogP contribution in [0.3, 0.4) is 0 Å². The van der Waals surface area contributed by atoms with Gasteiger partial charge in [0.15, 0.2) is 9.84 Å². The maximum Gasteiger partial charge on any atom is 0.182 e. The molecule has 1 rings (SSSR count). The molecule has 0 fully saturated rings. The zero-order valence-corrected chi connectivity index (χ0v) is 11.5. The summed E-state index contributed by atoms with van der Waals surface area (Å²) in [5, 5.41) is 0. The second kappa shape index (κ2) is 6.15. The summed E-state index contributed by atoms with van der Waals surface area (Å²) < 4.78 is 37.5. The Morgan fingerprint density at radius 3 is 2.39 bits per heavy atom. The smallest absolute Gasteiger partial charge is 0.182 e. The average molecular weight is 274 g/mol. The second-order valence-corrected chi connectivity index (χ2v) is 6.11. The van der Waals surface area contributed by atoms with Crippen LogP contribution in [0, 0.1) is 5.82 Å². The molecule has 1 aromatic carbocycles. The number of hydrogen-bond acceptors (Lipinski definition) is 4. The predicted octanol–water partition coefficient (Wildman–Crippen LogP) is 1.52. The monoisotopic (exact) mass is 274 g/mol. The zero-order valence-electron chi connectivity index (χ0n) is 10.7. The highest BCUT2D eigenvalue weighted by Gasteiger charge is 2.19. The molecule has 0 aliphatic heterocycles. The van der Waals surface area contributed by atoms with Crippen LogP contribution in [0.1, 0.15) is 13.8 Å². The van der Waals surface area contributed by atoms with E-state index in [1.165, 1.54) is 12.1 Å². The van der Waals surface area contributed by atoms with E-state index < -0.39 is 15.7 Å². The maximum atomic E-state index is 13.6. The SMILES string of the molecule is CCN(CC)CCS(=O)(=O)c1ccc(N)cc1F. The van der Waals surface area contributed by atoms with E-state index in [1.54, 1.807) is 0 Å². The molecule has 0 saturated heterocycles. The molecule has 0 saturated carbocycles. The van der Waals surface area contributed by atoms with Crippen LogP contribution in [0.2, 0.25) is 0 Å². The Morgan fingerprint density at radius 1 is 1.28 bits per heavy atom. The van der Waals surface area contributed by atoms with Gasteiger partial charge in [0.1, 0.15) is 10.7 Å². The molecule has 0 atom stereocenters. The third-order valence-electron chi connectivity index (χ3n) is 2.86. The molecule has 0 aromatic heterocycles. The van der Waals surface area contributed by atoms with Crippen LogP contribution >= 0.6 is 0 Å². The quantitative estimate of drug-likeness (QED) is 0.799. The van der Waals surface area contributed by atoms with Gasteiger partial charge < -0.3 is 10.6 Å². The van der Waals surface area contributed by atoms with Crippen LogP contribution in [0.5, 0.6) is 0 Å². The van der Waals surface area contributed by atoms with Crippen molar-refractivity contribution in [1.82, 2.24) is 4.90 Å². The van der Waals surface area contributed by atoms with E-state index in [0.29, 0.717) is 6.54 Å². The summed E-state index contributed by atoms with van der Waals surface area (Å²) in [5.41, 5.74) is 5.61. The lowest BCUT2D eigenvalue weighted by atomic mass is 10.3. The minimum atomic E-state index is -3.60. The van der Waals surface area contributed by atoms with E-state index in [9.17, 15) is 12.8 Å². The Morgan fingerprint density at radius 2 is 1.89 bits per heavy atom. The van der Waals surface area contributed by atoms with Crippen molar-refractivity contribution < 1.29 is 12.8 Å². The Hall–Kier alpha value is -1.14. The van der Waals surface area contributed by atoms with E-state index in [2.05, 4.69) is 0 Å². The van der Waals surface area contributed by atoms with Gasteiger partial charge in [-0.3, -0.25) is 0 Å². The highest BCUT2D eigenvalue weighted by atomic mass is 32.2. The molecule has 0 amide bonds. The third-order valence-corrected chi connectivity index (χ3v) is 4.58. The number of halogens is 1. The first-order valence-corrected chi connectivity index (χ1v) is 7.56. The van der Waals surface area contributed by atoms with E-state index in [1.807, 2.05) is 18.7 Å².